The van der Waals surface area contributed by atoms with Gasteiger partial charge in [-0.05, 0) is 325 Å². The summed E-state index contributed by atoms with van der Waals surface area (Å²) < 4.78 is 6.17. The Hall–Kier alpha value is -9.35. The number of para-hydroxylation sites is 1. The standard InChI is InChI=1S/C73H14N2O2/c76-71(12-7-10-3-1-2-4-11(10)77-12)74-5-6-75-8-72-67-59-51-41-31-23-15-13-14-17-21-19(15)27-35-29(21)39-33-25(17)26-18(14)22-20-16(13)24(23)32-38-28(20)36-30(22)40-34(26)44-43(33)53-47(39)57-49(35)55(45(51)37(27)31)63(67)65(57)69-61(53)62-54(44)48(40)58-50(36)56-46(38)52(42(32)41)60(59)68(72)64(56)66(58)70(62)73(69,72)9-75/h1-4,7H,5-6,8-9H2,(H,74,76). The number of benzene rings is 19. The molecule has 0 bridgehead atoms. The molecule has 1 N–H and O–H groups in total. The first-order valence-corrected chi connectivity index (χ1v) is 28.5. The SMILES string of the molecule is O=C(NCCN1CC23c4c5c6c7c8c9c(c%10c%11c2c2c4c4c%12c5c5c6c6c8c8c%13c9c9c%10c%10c%11c%11c2c2c4c4c%12c%12c5c5c6c8c6c8c%13c9c9c%10c%10c%11c2c2c4c4c%12c5c6c5c8c9c%10c2c45)C73C1)c1cc2ccccc2o1. The molecule has 0 radical (unpaired) electrons. The van der Waals surface area contributed by atoms with Crippen molar-refractivity contribution in [2.75, 3.05) is 26.2 Å². The average Bonchev–Trinajstić information content (AvgIpc) is 2.34. The highest BCUT2D eigenvalue weighted by Gasteiger charge is 2.72. The number of carbonyl (C=O) groups is 1. The molecule has 1 amide bonds. The van der Waals surface area contributed by atoms with Crippen molar-refractivity contribution in [3.63, 3.8) is 0 Å². The number of carbonyl (C=O) groups excluding carboxylic acids is 1. The summed E-state index contributed by atoms with van der Waals surface area (Å²) >= 11 is 0. The van der Waals surface area contributed by atoms with Gasteiger partial charge >= 0.3 is 0 Å². The van der Waals surface area contributed by atoms with Gasteiger partial charge in [0.1, 0.15) is 5.58 Å². The van der Waals surface area contributed by atoms with E-state index >= 15 is 0 Å². The molecular weight excluding hydrogens is 937 g/mol. The van der Waals surface area contributed by atoms with E-state index in [4.69, 9.17) is 4.42 Å². The summed E-state index contributed by atoms with van der Waals surface area (Å²) in [6.45, 7) is 3.28. The van der Waals surface area contributed by atoms with E-state index in [0.717, 1.165) is 30.6 Å². The van der Waals surface area contributed by atoms with E-state index in [1.165, 1.54) is 0 Å². The highest BCUT2D eigenvalue weighted by molar-refractivity contribution is 6.82. The van der Waals surface area contributed by atoms with Crippen molar-refractivity contribution in [3.05, 3.63) is 58.3 Å². The van der Waals surface area contributed by atoms with Gasteiger partial charge in [-0.25, -0.2) is 0 Å². The molecular formula is C73H14N2O2. The number of likely N-dealkylation sites (tertiary alicyclic amines) is 1. The summed E-state index contributed by atoms with van der Waals surface area (Å²) in [4.78, 5) is 17.0. The Labute approximate surface area is 420 Å². The maximum Gasteiger partial charge on any atom is 0.287 e. The summed E-state index contributed by atoms with van der Waals surface area (Å²) in [6.07, 6.45) is 0. The maximum absolute atomic E-state index is 14.2. The van der Waals surface area contributed by atoms with Crippen LogP contribution in [0.25, 0.3) is 302 Å². The van der Waals surface area contributed by atoms with Crippen molar-refractivity contribution < 1.29 is 9.21 Å². The van der Waals surface area contributed by atoms with E-state index < -0.39 is 0 Å². The lowest BCUT2D eigenvalue weighted by Crippen LogP contribution is -2.51. The van der Waals surface area contributed by atoms with Crippen LogP contribution in [0.2, 0.25) is 0 Å². The third kappa shape index (κ3) is 1.72. The number of furan rings is 1. The van der Waals surface area contributed by atoms with Crippen LogP contribution < -0.4 is 5.32 Å². The van der Waals surface area contributed by atoms with Crippen molar-refractivity contribution in [1.82, 2.24) is 10.2 Å². The fourth-order valence-electron chi connectivity index (χ4n) is 26.5. The van der Waals surface area contributed by atoms with Gasteiger partial charge in [0, 0.05) is 31.6 Å². The second-order valence-corrected chi connectivity index (χ2v) is 27.7. The van der Waals surface area contributed by atoms with Crippen molar-refractivity contribution in [2.45, 2.75) is 10.8 Å². The fourth-order valence-corrected chi connectivity index (χ4v) is 26.5. The molecule has 1 fully saturated rings. The molecule has 30 aromatic rings. The molecule has 29 aromatic carbocycles. The lowest BCUT2D eigenvalue weighted by molar-refractivity contribution is 0.0924. The molecule has 35 rings (SSSR count). The Morgan fingerprint density at radius 3 is 0.831 bits per heavy atom. The summed E-state index contributed by atoms with van der Waals surface area (Å²) in [5, 5.41) is 93.1. The Morgan fingerprint density at radius 1 is 0.351 bits per heavy atom. The second kappa shape index (κ2) is 6.99. The fraction of sp³-hybridized carbons (Fsp3) is 0.0822. The molecule has 0 unspecified atom stereocenters. The third-order valence-electron chi connectivity index (χ3n) is 27.0. The second-order valence-electron chi connectivity index (χ2n) is 27.7. The zero-order valence-electron chi connectivity index (χ0n) is 39.5. The van der Waals surface area contributed by atoms with E-state index in [-0.39, 0.29) is 16.7 Å². The monoisotopic (exact) mass is 950 g/mol. The van der Waals surface area contributed by atoms with Gasteiger partial charge in [-0.3, -0.25) is 9.69 Å². The first kappa shape index (κ1) is 29.7. The average molecular weight is 951 g/mol. The molecule has 1 saturated heterocycles. The van der Waals surface area contributed by atoms with Gasteiger partial charge < -0.3 is 9.73 Å². The molecule has 4 nitrogen and oxygen atoms in total. The summed E-state index contributed by atoms with van der Waals surface area (Å²) in [6, 6.07) is 9.91. The zero-order valence-corrected chi connectivity index (χ0v) is 39.5. The molecule has 77 heavy (non-hydrogen) atoms. The topological polar surface area (TPSA) is 45.5 Å². The number of rotatable bonds is 4. The Bertz CT molecular complexity index is 7260. The normalized spacial score (nSPS) is 21.9. The van der Waals surface area contributed by atoms with E-state index in [1.54, 1.807) is 313 Å². The highest BCUT2D eigenvalue weighted by atomic mass is 16.3. The van der Waals surface area contributed by atoms with E-state index in [1.807, 2.05) is 30.3 Å². The van der Waals surface area contributed by atoms with E-state index in [9.17, 15) is 4.79 Å². The van der Waals surface area contributed by atoms with Crippen LogP contribution in [0.1, 0.15) is 32.8 Å². The minimum atomic E-state index is -0.291. The quantitative estimate of drug-likeness (QED) is 0.179. The first-order chi connectivity index (χ1) is 38.3. The Morgan fingerprint density at radius 2 is 0.584 bits per heavy atom. The number of nitrogens with zero attached hydrogens (tertiary/aromatic N) is 1. The zero-order chi connectivity index (χ0) is 46.2. The predicted octanol–water partition coefficient (Wildman–Crippen LogP) is 17.8. The molecule has 0 atom stereocenters. The number of hydrogen-bond acceptors (Lipinski definition) is 3. The van der Waals surface area contributed by atoms with Crippen LogP contribution in [0.4, 0.5) is 0 Å². The molecule has 2 heterocycles. The number of nitrogens with one attached hydrogen (secondary N) is 1. The van der Waals surface area contributed by atoms with Crippen LogP contribution in [0, 0.1) is 0 Å². The lowest BCUT2D eigenvalue weighted by atomic mass is 9.50. The molecule has 5 aliphatic rings. The molecule has 0 saturated carbocycles. The molecule has 2 spiro atoms. The molecule has 1 aromatic heterocycles. The smallest absolute Gasteiger partial charge is 0.287 e. The molecule has 1 aliphatic heterocycles. The summed E-state index contributed by atoms with van der Waals surface area (Å²) in [7, 11) is 0. The summed E-state index contributed by atoms with van der Waals surface area (Å²) in [5.41, 5.74) is 7.07. The predicted molar refractivity (Wildman–Crippen MR) is 319 cm³/mol. The molecule has 4 aliphatic carbocycles. The third-order valence-corrected chi connectivity index (χ3v) is 27.0. The van der Waals surface area contributed by atoms with Crippen LogP contribution in [0.5, 0.6) is 0 Å². The van der Waals surface area contributed by atoms with Crippen LogP contribution in [0.3, 0.4) is 0 Å². The van der Waals surface area contributed by atoms with Gasteiger partial charge in [-0.15, -0.1) is 0 Å². The van der Waals surface area contributed by atoms with Crippen LogP contribution >= 0.6 is 0 Å². The van der Waals surface area contributed by atoms with E-state index in [0.29, 0.717) is 12.3 Å². The van der Waals surface area contributed by atoms with Crippen LogP contribution in [-0.2, 0) is 10.8 Å². The molecule has 328 valence electrons. The van der Waals surface area contributed by atoms with Gasteiger partial charge in [0.25, 0.3) is 5.91 Å². The van der Waals surface area contributed by atoms with Crippen LogP contribution in [0.15, 0.2) is 34.7 Å². The van der Waals surface area contributed by atoms with Gasteiger partial charge in [0.05, 0.1) is 10.8 Å². The minimum absolute atomic E-state index is 0.119. The number of hydrogen-bond donors (Lipinski definition) is 1. The number of fused-ring (bicyclic) bond motifs is 1. The van der Waals surface area contributed by atoms with Crippen molar-refractivity contribution in [3.8, 4) is 0 Å². The van der Waals surface area contributed by atoms with Gasteiger partial charge in [0.15, 0.2) is 5.76 Å². The lowest BCUT2D eigenvalue weighted by Gasteiger charge is -2.49. The maximum atomic E-state index is 14.2. The van der Waals surface area contributed by atoms with E-state index in [2.05, 4.69) is 10.2 Å². The largest absolute Gasteiger partial charge is 0.451 e. The Kier molecular flexibility index (Phi) is 2.69. The first-order valence-electron chi connectivity index (χ1n) is 28.5. The minimum Gasteiger partial charge on any atom is -0.451 e. The van der Waals surface area contributed by atoms with Crippen molar-refractivity contribution in [1.29, 1.82) is 0 Å². The summed E-state index contributed by atoms with van der Waals surface area (Å²) in [5.74, 6) is 0.280. The van der Waals surface area contributed by atoms with Crippen molar-refractivity contribution in [2.24, 2.45) is 0 Å². The number of amides is 1. The van der Waals surface area contributed by atoms with Gasteiger partial charge in [-0.1, -0.05) is 18.2 Å². The van der Waals surface area contributed by atoms with Gasteiger partial charge in [-0.2, -0.15) is 0 Å². The Balaban J connectivity index is 0.930. The van der Waals surface area contributed by atoms with Crippen molar-refractivity contribution >= 4 is 308 Å². The van der Waals surface area contributed by atoms with Gasteiger partial charge in [0.2, 0.25) is 0 Å². The highest BCUT2D eigenvalue weighted by Crippen LogP contribution is 2.85. The molecule has 4 heteroatoms. The van der Waals surface area contributed by atoms with Crippen LogP contribution in [-0.4, -0.2) is 37.0 Å².